The van der Waals surface area contributed by atoms with E-state index in [0.717, 1.165) is 0 Å². The molecule has 0 aliphatic rings. The van der Waals surface area contributed by atoms with Gasteiger partial charge in [-0.1, -0.05) is 54.6 Å². The van der Waals surface area contributed by atoms with E-state index in [0.29, 0.717) is 17.1 Å². The van der Waals surface area contributed by atoms with Crippen molar-refractivity contribution in [2.24, 2.45) is 0 Å². The predicted octanol–water partition coefficient (Wildman–Crippen LogP) is 0.909. The van der Waals surface area contributed by atoms with Gasteiger partial charge in [0.2, 0.25) is 0 Å². The highest BCUT2D eigenvalue weighted by atomic mass is 16.5. The molecule has 0 aliphatic carbocycles. The fourth-order valence-corrected chi connectivity index (χ4v) is 2.84. The fourth-order valence-electron chi connectivity index (χ4n) is 2.84. The van der Waals surface area contributed by atoms with Crippen LogP contribution in [0.3, 0.4) is 0 Å². The Kier molecular flexibility index (Phi) is 5.82. The predicted molar refractivity (Wildman–Crippen MR) is 110 cm³/mol. The van der Waals surface area contributed by atoms with Crippen molar-refractivity contribution in [2.45, 2.75) is 0 Å². The zero-order valence-corrected chi connectivity index (χ0v) is 15.7. The van der Waals surface area contributed by atoms with E-state index >= 15 is 0 Å². The molecule has 0 saturated heterocycles. The summed E-state index contributed by atoms with van der Waals surface area (Å²) in [5.41, 5.74) is 1.04. The summed E-state index contributed by atoms with van der Waals surface area (Å²) in [4.78, 5) is 12.3. The highest BCUT2D eigenvalue weighted by molar-refractivity contribution is 5.37. The molecule has 3 N–H and O–H groups in total. The quantitative estimate of drug-likeness (QED) is 0.412. The van der Waals surface area contributed by atoms with Crippen LogP contribution in [-0.4, -0.2) is 15.0 Å². The van der Waals surface area contributed by atoms with Gasteiger partial charge in [0, 0.05) is 0 Å². The first-order valence-electron chi connectivity index (χ1n) is 9.19. The number of para-hydroxylation sites is 3. The molecule has 0 aliphatic heterocycles. The molecule has 0 saturated carbocycles. The van der Waals surface area contributed by atoms with Crippen LogP contribution >= 0.6 is 0 Å². The third-order valence-corrected chi connectivity index (χ3v) is 4.35. The van der Waals surface area contributed by atoms with E-state index in [2.05, 4.69) is 15.0 Å². The summed E-state index contributed by atoms with van der Waals surface area (Å²) < 4.78 is 0. The lowest BCUT2D eigenvalue weighted by molar-refractivity contribution is -0.725. The number of hydrogen-bond acceptors (Lipinski definition) is 6. The average molecular weight is 402 g/mol. The van der Waals surface area contributed by atoms with E-state index in [1.54, 1.807) is 91.0 Å². The molecular formula is C21H18N6O3. The third kappa shape index (κ3) is 4.21. The van der Waals surface area contributed by atoms with Crippen molar-refractivity contribution in [3.05, 3.63) is 107 Å². The molecule has 0 fully saturated rings. The van der Waals surface area contributed by atoms with Gasteiger partial charge in [-0.3, -0.25) is 15.2 Å². The average Bonchev–Trinajstić information content (AvgIpc) is 2.84. The topological polar surface area (TPSA) is 121 Å². The Bertz CT molecular complexity index is 946. The molecule has 150 valence electrons. The van der Waals surface area contributed by atoms with Crippen LogP contribution in [0.15, 0.2) is 91.0 Å². The first kappa shape index (κ1) is 19.7. The van der Waals surface area contributed by atoms with E-state index in [-0.39, 0.29) is 17.8 Å². The SMILES string of the molecule is [O-][NH+](c1ccccc1)c1nc([NH+]([O-])c2ccccc2)nc([NH+]([O-])c2ccccc2)n1. The number of hydrogen-bond donors (Lipinski definition) is 3. The maximum absolute atomic E-state index is 12.9. The third-order valence-electron chi connectivity index (χ3n) is 4.35. The van der Waals surface area contributed by atoms with Gasteiger partial charge in [0.25, 0.3) is 0 Å². The Balaban J connectivity index is 1.79. The van der Waals surface area contributed by atoms with E-state index in [1.807, 2.05) is 0 Å². The van der Waals surface area contributed by atoms with Gasteiger partial charge in [-0.25, -0.2) is 0 Å². The van der Waals surface area contributed by atoms with Gasteiger partial charge in [0.15, 0.2) is 0 Å². The molecule has 4 aromatic rings. The van der Waals surface area contributed by atoms with Crippen LogP contribution in [0.4, 0.5) is 34.9 Å². The monoisotopic (exact) mass is 402 g/mol. The lowest BCUT2D eigenvalue weighted by Crippen LogP contribution is -3.01. The summed E-state index contributed by atoms with van der Waals surface area (Å²) in [5, 5.41) is 37.2. The van der Waals surface area contributed by atoms with Crippen LogP contribution in [0.2, 0.25) is 0 Å². The van der Waals surface area contributed by atoms with Gasteiger partial charge in [-0.05, 0) is 36.4 Å². The van der Waals surface area contributed by atoms with E-state index in [1.165, 1.54) is 0 Å². The number of nitrogens with zero attached hydrogens (tertiary/aromatic N) is 3. The van der Waals surface area contributed by atoms with Crippen LogP contribution < -0.4 is 15.2 Å². The molecule has 0 spiro atoms. The van der Waals surface area contributed by atoms with Gasteiger partial charge in [-0.2, -0.15) is 0 Å². The standard InChI is InChI=1S/C21H18N6O3/c28-25(16-10-4-1-5-11-16)19-22-20(26(29)17-12-6-2-7-13-17)24-21(23-19)27(30)18-14-8-3-9-15-18/h1-15,25-27H. The van der Waals surface area contributed by atoms with E-state index < -0.39 is 15.2 Å². The van der Waals surface area contributed by atoms with Crippen LogP contribution in [-0.2, 0) is 0 Å². The van der Waals surface area contributed by atoms with E-state index in [9.17, 15) is 15.6 Å². The molecule has 1 heterocycles. The van der Waals surface area contributed by atoms with Crippen LogP contribution in [0.1, 0.15) is 0 Å². The second-order valence-corrected chi connectivity index (χ2v) is 6.39. The first-order valence-corrected chi connectivity index (χ1v) is 9.19. The molecule has 9 nitrogen and oxygen atoms in total. The largest absolute Gasteiger partial charge is 0.621 e. The van der Waals surface area contributed by atoms with Crippen LogP contribution in [0, 0.1) is 15.6 Å². The zero-order chi connectivity index (χ0) is 20.9. The van der Waals surface area contributed by atoms with Gasteiger partial charge in [-0.15, -0.1) is 15.0 Å². The maximum atomic E-state index is 12.9. The second-order valence-electron chi connectivity index (χ2n) is 6.39. The molecule has 9 heteroatoms. The van der Waals surface area contributed by atoms with Crippen molar-refractivity contribution in [3.63, 3.8) is 0 Å². The Hall–Kier alpha value is -3.57. The fraction of sp³-hybridized carbons (Fsp3) is 0. The first-order chi connectivity index (χ1) is 14.6. The number of benzene rings is 3. The minimum Gasteiger partial charge on any atom is -0.621 e. The van der Waals surface area contributed by atoms with Crippen molar-refractivity contribution in [1.82, 2.24) is 15.0 Å². The van der Waals surface area contributed by atoms with Crippen molar-refractivity contribution in [3.8, 4) is 0 Å². The summed E-state index contributed by atoms with van der Waals surface area (Å²) in [7, 11) is 0. The minimum absolute atomic E-state index is 0.255. The number of aromatic nitrogens is 3. The zero-order valence-electron chi connectivity index (χ0n) is 15.7. The smallest absolute Gasteiger partial charge is 0.345 e. The maximum Gasteiger partial charge on any atom is 0.345 e. The van der Waals surface area contributed by atoms with Gasteiger partial charge >= 0.3 is 17.8 Å². The highest BCUT2D eigenvalue weighted by Crippen LogP contribution is 2.10. The molecule has 0 bridgehead atoms. The molecule has 3 atom stereocenters. The van der Waals surface area contributed by atoms with E-state index in [4.69, 9.17) is 0 Å². The lowest BCUT2D eigenvalue weighted by atomic mass is 10.3. The molecule has 4 rings (SSSR count). The van der Waals surface area contributed by atoms with Crippen LogP contribution in [0.5, 0.6) is 0 Å². The highest BCUT2D eigenvalue weighted by Gasteiger charge is 2.23. The summed E-state index contributed by atoms with van der Waals surface area (Å²) in [6, 6.07) is 25.3. The molecule has 3 aromatic carbocycles. The Morgan fingerprint density at radius 2 is 0.633 bits per heavy atom. The molecular weight excluding hydrogens is 384 g/mol. The summed E-state index contributed by atoms with van der Waals surface area (Å²) >= 11 is 0. The van der Waals surface area contributed by atoms with Crippen LogP contribution in [0.25, 0.3) is 0 Å². The van der Waals surface area contributed by atoms with Gasteiger partial charge in [0.05, 0.1) is 0 Å². The molecule has 1 aromatic heterocycles. The van der Waals surface area contributed by atoms with Crippen molar-refractivity contribution in [2.75, 3.05) is 0 Å². The van der Waals surface area contributed by atoms with Gasteiger partial charge in [0.1, 0.15) is 17.1 Å². The summed E-state index contributed by atoms with van der Waals surface area (Å²) in [6.45, 7) is 0. The van der Waals surface area contributed by atoms with Crippen molar-refractivity contribution < 1.29 is 15.2 Å². The summed E-state index contributed by atoms with van der Waals surface area (Å²) in [5.74, 6) is -0.765. The number of rotatable bonds is 6. The molecule has 30 heavy (non-hydrogen) atoms. The minimum atomic E-state index is -0.498. The number of quaternary nitrogens is 3. The normalized spacial score (nSPS) is 14.1. The van der Waals surface area contributed by atoms with Crippen molar-refractivity contribution in [1.29, 1.82) is 0 Å². The second kappa shape index (κ2) is 8.84. The number of nitrogens with one attached hydrogen (secondary N) is 3. The molecule has 0 amide bonds. The van der Waals surface area contributed by atoms with Gasteiger partial charge < -0.3 is 15.6 Å². The van der Waals surface area contributed by atoms with Crippen molar-refractivity contribution >= 4 is 34.9 Å². The summed E-state index contributed by atoms with van der Waals surface area (Å²) in [6.07, 6.45) is 0. The molecule has 3 unspecified atom stereocenters. The Morgan fingerprint density at radius 1 is 0.400 bits per heavy atom. The lowest BCUT2D eigenvalue weighted by Gasteiger charge is -2.24. The Morgan fingerprint density at radius 3 is 0.867 bits per heavy atom. The molecule has 0 radical (unpaired) electrons. The Labute approximate surface area is 172 Å².